The van der Waals surface area contributed by atoms with Crippen molar-refractivity contribution in [3.8, 4) is 0 Å². The highest BCUT2D eigenvalue weighted by Crippen LogP contribution is 2.32. The van der Waals surface area contributed by atoms with Crippen molar-refractivity contribution in [1.29, 1.82) is 0 Å². The SMILES string of the molecule is CCc1cc(=O)n2c(n1)SCC2CC(=O)N1CCN(c2ccccc2)CC1. The van der Waals surface area contributed by atoms with Crippen molar-refractivity contribution in [3.05, 3.63) is 52.4 Å². The molecule has 1 atom stereocenters. The van der Waals surface area contributed by atoms with Crippen LogP contribution >= 0.6 is 11.8 Å². The van der Waals surface area contributed by atoms with E-state index in [2.05, 4.69) is 22.0 Å². The van der Waals surface area contributed by atoms with Gasteiger partial charge in [-0.2, -0.15) is 0 Å². The van der Waals surface area contributed by atoms with Crippen molar-refractivity contribution in [2.24, 2.45) is 0 Å². The van der Waals surface area contributed by atoms with E-state index in [1.165, 1.54) is 5.69 Å². The number of benzene rings is 1. The number of para-hydroxylation sites is 1. The third kappa shape index (κ3) is 3.74. The lowest BCUT2D eigenvalue weighted by atomic mass is 10.1. The quantitative estimate of drug-likeness (QED) is 0.757. The summed E-state index contributed by atoms with van der Waals surface area (Å²) in [6.07, 6.45) is 1.12. The fourth-order valence-electron chi connectivity index (χ4n) is 3.71. The highest BCUT2D eigenvalue weighted by atomic mass is 32.2. The van der Waals surface area contributed by atoms with Crippen LogP contribution in [-0.4, -0.2) is 52.3 Å². The summed E-state index contributed by atoms with van der Waals surface area (Å²) in [6.45, 7) is 5.12. The molecule has 0 radical (unpaired) electrons. The van der Waals surface area contributed by atoms with E-state index < -0.39 is 0 Å². The third-order valence-corrected chi connectivity index (χ3v) is 6.37. The number of aryl methyl sites for hydroxylation is 1. The second-order valence-electron chi connectivity index (χ2n) is 6.96. The molecular weight excluding hydrogens is 360 g/mol. The molecule has 2 aliphatic rings. The van der Waals surface area contributed by atoms with E-state index in [9.17, 15) is 9.59 Å². The predicted molar refractivity (Wildman–Crippen MR) is 107 cm³/mol. The summed E-state index contributed by atoms with van der Waals surface area (Å²) in [4.78, 5) is 34.0. The number of nitrogens with zero attached hydrogens (tertiary/aromatic N) is 4. The van der Waals surface area contributed by atoms with Crippen molar-refractivity contribution >= 4 is 23.4 Å². The van der Waals surface area contributed by atoms with Gasteiger partial charge in [-0.1, -0.05) is 36.9 Å². The average Bonchev–Trinajstić information content (AvgIpc) is 3.12. The number of rotatable bonds is 4. The molecule has 4 rings (SSSR count). The van der Waals surface area contributed by atoms with Gasteiger partial charge in [0.05, 0.1) is 6.04 Å². The fourth-order valence-corrected chi connectivity index (χ4v) is 4.88. The maximum absolute atomic E-state index is 12.8. The van der Waals surface area contributed by atoms with Gasteiger partial charge in [-0.15, -0.1) is 0 Å². The van der Waals surface area contributed by atoms with Crippen molar-refractivity contribution < 1.29 is 4.79 Å². The number of piperazine rings is 1. The van der Waals surface area contributed by atoms with Gasteiger partial charge in [-0.05, 0) is 18.6 Å². The molecule has 1 saturated heterocycles. The third-order valence-electron chi connectivity index (χ3n) is 5.27. The molecule has 0 aliphatic carbocycles. The fraction of sp³-hybridized carbons (Fsp3) is 0.450. The molecule has 0 N–H and O–H groups in total. The molecular formula is C20H24N4O2S. The monoisotopic (exact) mass is 384 g/mol. The van der Waals surface area contributed by atoms with Crippen molar-refractivity contribution in [2.45, 2.75) is 31.0 Å². The molecule has 142 valence electrons. The van der Waals surface area contributed by atoms with Crippen LogP contribution in [0.2, 0.25) is 0 Å². The van der Waals surface area contributed by atoms with Gasteiger partial charge in [0.15, 0.2) is 5.16 Å². The van der Waals surface area contributed by atoms with Crippen LogP contribution in [0.1, 0.15) is 25.1 Å². The lowest BCUT2D eigenvalue weighted by Gasteiger charge is -2.36. The van der Waals surface area contributed by atoms with Gasteiger partial charge >= 0.3 is 0 Å². The van der Waals surface area contributed by atoms with E-state index >= 15 is 0 Å². The Balaban J connectivity index is 1.38. The number of carbonyl (C=O) groups excluding carboxylic acids is 1. The first-order valence-electron chi connectivity index (χ1n) is 9.48. The van der Waals surface area contributed by atoms with Crippen LogP contribution in [0.25, 0.3) is 0 Å². The molecule has 27 heavy (non-hydrogen) atoms. The van der Waals surface area contributed by atoms with Crippen LogP contribution in [0.5, 0.6) is 0 Å². The van der Waals surface area contributed by atoms with Crippen LogP contribution < -0.4 is 10.5 Å². The highest BCUT2D eigenvalue weighted by Gasteiger charge is 2.30. The maximum atomic E-state index is 12.8. The van der Waals surface area contributed by atoms with Crippen LogP contribution in [-0.2, 0) is 11.2 Å². The molecule has 0 saturated carbocycles. The van der Waals surface area contributed by atoms with Gasteiger partial charge in [-0.3, -0.25) is 14.2 Å². The van der Waals surface area contributed by atoms with E-state index in [0.717, 1.165) is 49.2 Å². The first-order chi connectivity index (χ1) is 13.2. The summed E-state index contributed by atoms with van der Waals surface area (Å²) in [5.74, 6) is 0.873. The van der Waals surface area contributed by atoms with Crippen LogP contribution in [0.15, 0.2) is 46.3 Å². The summed E-state index contributed by atoms with van der Waals surface area (Å²) < 4.78 is 1.71. The van der Waals surface area contributed by atoms with Gasteiger partial charge in [0.25, 0.3) is 5.56 Å². The summed E-state index contributed by atoms with van der Waals surface area (Å²) in [5, 5.41) is 0.756. The minimum atomic E-state index is -0.0874. The Hall–Kier alpha value is -2.28. The van der Waals surface area contributed by atoms with Gasteiger partial charge in [0, 0.05) is 55.8 Å². The molecule has 1 aromatic carbocycles. The minimum absolute atomic E-state index is 0.0338. The second kappa shape index (κ2) is 7.76. The number of thioether (sulfide) groups is 1. The number of hydrogen-bond donors (Lipinski definition) is 0. The molecule has 6 nitrogen and oxygen atoms in total. The second-order valence-corrected chi connectivity index (χ2v) is 7.95. The van der Waals surface area contributed by atoms with Gasteiger partial charge in [0.2, 0.25) is 5.91 Å². The smallest absolute Gasteiger partial charge is 0.254 e. The average molecular weight is 385 g/mol. The van der Waals surface area contributed by atoms with E-state index in [1.54, 1.807) is 22.4 Å². The Labute approximate surface area is 163 Å². The molecule has 7 heteroatoms. The first kappa shape index (κ1) is 18.1. The van der Waals surface area contributed by atoms with Crippen LogP contribution in [0, 0.1) is 0 Å². The molecule has 0 bridgehead atoms. The number of anilines is 1. The normalized spacial score (nSPS) is 19.2. The first-order valence-corrected chi connectivity index (χ1v) is 10.5. The Kier molecular flexibility index (Phi) is 5.20. The van der Waals surface area contributed by atoms with E-state index in [-0.39, 0.29) is 17.5 Å². The predicted octanol–water partition coefficient (Wildman–Crippen LogP) is 2.19. The van der Waals surface area contributed by atoms with Gasteiger partial charge in [-0.25, -0.2) is 4.98 Å². The summed E-state index contributed by atoms with van der Waals surface area (Å²) in [6, 6.07) is 11.8. The van der Waals surface area contributed by atoms with E-state index in [1.807, 2.05) is 30.0 Å². The van der Waals surface area contributed by atoms with Gasteiger partial charge < -0.3 is 9.80 Å². The number of fused-ring (bicyclic) bond motifs is 1. The lowest BCUT2D eigenvalue weighted by Crippen LogP contribution is -2.49. The molecule has 3 heterocycles. The Morgan fingerprint density at radius 3 is 2.63 bits per heavy atom. The minimum Gasteiger partial charge on any atom is -0.368 e. The topological polar surface area (TPSA) is 58.4 Å². The molecule has 2 aromatic rings. The standard InChI is InChI=1S/C20H24N4O2S/c1-2-15-12-19(26)24-17(14-27-20(24)21-15)13-18(25)23-10-8-22(9-11-23)16-6-4-3-5-7-16/h3-7,12,17H,2,8-11,13-14H2,1H3. The zero-order valence-electron chi connectivity index (χ0n) is 15.5. The number of hydrogen-bond acceptors (Lipinski definition) is 5. The highest BCUT2D eigenvalue weighted by molar-refractivity contribution is 7.99. The lowest BCUT2D eigenvalue weighted by molar-refractivity contribution is -0.132. The number of aromatic nitrogens is 2. The Morgan fingerprint density at radius 2 is 1.93 bits per heavy atom. The Bertz CT molecular complexity index is 875. The number of amides is 1. The molecule has 1 aromatic heterocycles. The van der Waals surface area contributed by atoms with Crippen molar-refractivity contribution in [3.63, 3.8) is 0 Å². The summed E-state index contributed by atoms with van der Waals surface area (Å²) in [5.41, 5.74) is 1.99. The zero-order valence-corrected chi connectivity index (χ0v) is 16.3. The number of carbonyl (C=O) groups is 1. The van der Waals surface area contributed by atoms with Crippen LogP contribution in [0.4, 0.5) is 5.69 Å². The zero-order chi connectivity index (χ0) is 18.8. The molecule has 1 amide bonds. The Morgan fingerprint density at radius 1 is 1.19 bits per heavy atom. The molecule has 1 unspecified atom stereocenters. The summed E-state index contributed by atoms with van der Waals surface area (Å²) in [7, 11) is 0. The van der Waals surface area contributed by atoms with Gasteiger partial charge in [0.1, 0.15) is 0 Å². The van der Waals surface area contributed by atoms with Crippen molar-refractivity contribution in [1.82, 2.24) is 14.5 Å². The molecule has 0 spiro atoms. The summed E-state index contributed by atoms with van der Waals surface area (Å²) >= 11 is 1.58. The van der Waals surface area contributed by atoms with E-state index in [4.69, 9.17) is 0 Å². The molecule has 2 aliphatic heterocycles. The maximum Gasteiger partial charge on any atom is 0.254 e. The van der Waals surface area contributed by atoms with Crippen LogP contribution in [0.3, 0.4) is 0 Å². The largest absolute Gasteiger partial charge is 0.368 e. The molecule has 1 fully saturated rings. The van der Waals surface area contributed by atoms with Crippen molar-refractivity contribution in [2.75, 3.05) is 36.8 Å². The van der Waals surface area contributed by atoms with E-state index in [0.29, 0.717) is 6.42 Å².